The molecule has 2 aromatic carbocycles. The monoisotopic (exact) mass is 311 g/mol. The van der Waals surface area contributed by atoms with Gasteiger partial charge in [0.25, 0.3) is 0 Å². The predicted octanol–water partition coefficient (Wildman–Crippen LogP) is 4.47. The summed E-state index contributed by atoms with van der Waals surface area (Å²) in [6.45, 7) is 9.36. The van der Waals surface area contributed by atoms with E-state index in [1.807, 2.05) is 0 Å². The van der Waals surface area contributed by atoms with Gasteiger partial charge in [0, 0.05) is 5.92 Å². The van der Waals surface area contributed by atoms with Gasteiger partial charge >= 0.3 is 0 Å². The second-order valence-electron chi connectivity index (χ2n) is 6.45. The van der Waals surface area contributed by atoms with Crippen molar-refractivity contribution in [1.29, 1.82) is 0 Å². The Balaban J connectivity index is 2.41. The van der Waals surface area contributed by atoms with Crippen LogP contribution in [0.25, 0.3) is 0 Å². The number of hydrogen-bond donors (Lipinski definition) is 1. The van der Waals surface area contributed by atoms with Crippen molar-refractivity contribution in [1.82, 2.24) is 0 Å². The van der Waals surface area contributed by atoms with Crippen molar-refractivity contribution >= 4 is 0 Å². The van der Waals surface area contributed by atoms with Crippen molar-refractivity contribution in [2.45, 2.75) is 46.5 Å². The van der Waals surface area contributed by atoms with Crippen LogP contribution in [0.2, 0.25) is 0 Å². The molecule has 2 nitrogen and oxygen atoms in total. The van der Waals surface area contributed by atoms with E-state index in [0.717, 1.165) is 18.6 Å². The summed E-state index contributed by atoms with van der Waals surface area (Å²) in [6.07, 6.45) is 1.95. The molecule has 2 heteroatoms. The molecule has 0 fully saturated rings. The SMILES string of the molecule is CCc1ccc(OC)c(CC(CN)c2c(C)cc(C)cc2C)c1. The van der Waals surface area contributed by atoms with E-state index in [1.54, 1.807) is 7.11 Å². The first-order valence-electron chi connectivity index (χ1n) is 8.43. The number of benzene rings is 2. The van der Waals surface area contributed by atoms with Crippen LogP contribution in [-0.4, -0.2) is 13.7 Å². The topological polar surface area (TPSA) is 35.2 Å². The molecule has 0 radical (unpaired) electrons. The van der Waals surface area contributed by atoms with Crippen molar-refractivity contribution in [3.8, 4) is 5.75 Å². The number of hydrogen-bond acceptors (Lipinski definition) is 2. The maximum Gasteiger partial charge on any atom is 0.122 e. The standard InChI is InChI=1S/C21H29NO/c1-6-17-7-8-20(23-5)18(11-17)12-19(13-22)21-15(3)9-14(2)10-16(21)4/h7-11,19H,6,12-13,22H2,1-5H3. The van der Waals surface area contributed by atoms with Crippen LogP contribution in [0.15, 0.2) is 30.3 Å². The molecular formula is C21H29NO. The van der Waals surface area contributed by atoms with Crippen LogP contribution in [0.4, 0.5) is 0 Å². The van der Waals surface area contributed by atoms with E-state index in [9.17, 15) is 0 Å². The van der Waals surface area contributed by atoms with Gasteiger partial charge in [-0.15, -0.1) is 0 Å². The van der Waals surface area contributed by atoms with E-state index in [2.05, 4.69) is 58.0 Å². The van der Waals surface area contributed by atoms with Gasteiger partial charge < -0.3 is 10.5 Å². The van der Waals surface area contributed by atoms with E-state index < -0.39 is 0 Å². The Hall–Kier alpha value is -1.80. The Morgan fingerprint density at radius 1 is 1.04 bits per heavy atom. The molecule has 0 saturated heterocycles. The van der Waals surface area contributed by atoms with Crippen molar-refractivity contribution in [2.24, 2.45) is 5.73 Å². The third kappa shape index (κ3) is 3.94. The normalized spacial score (nSPS) is 12.3. The van der Waals surface area contributed by atoms with E-state index >= 15 is 0 Å². The summed E-state index contributed by atoms with van der Waals surface area (Å²) in [7, 11) is 1.74. The van der Waals surface area contributed by atoms with E-state index in [0.29, 0.717) is 12.5 Å². The molecule has 0 spiro atoms. The molecule has 0 aliphatic rings. The van der Waals surface area contributed by atoms with Gasteiger partial charge in [0.1, 0.15) is 5.75 Å². The van der Waals surface area contributed by atoms with Gasteiger partial charge in [0.15, 0.2) is 0 Å². The highest BCUT2D eigenvalue weighted by Gasteiger charge is 2.18. The van der Waals surface area contributed by atoms with Gasteiger partial charge in [-0.3, -0.25) is 0 Å². The first kappa shape index (κ1) is 17.6. The third-order valence-electron chi connectivity index (χ3n) is 4.65. The molecule has 23 heavy (non-hydrogen) atoms. The lowest BCUT2D eigenvalue weighted by molar-refractivity contribution is 0.408. The molecule has 1 atom stereocenters. The maximum atomic E-state index is 6.15. The largest absolute Gasteiger partial charge is 0.496 e. The maximum absolute atomic E-state index is 6.15. The number of rotatable bonds is 6. The molecule has 0 aliphatic carbocycles. The van der Waals surface area contributed by atoms with Crippen LogP contribution < -0.4 is 10.5 Å². The van der Waals surface area contributed by atoms with Crippen LogP contribution in [0.3, 0.4) is 0 Å². The van der Waals surface area contributed by atoms with E-state index in [-0.39, 0.29) is 0 Å². The van der Waals surface area contributed by atoms with Crippen LogP contribution in [0.5, 0.6) is 5.75 Å². The quantitative estimate of drug-likeness (QED) is 0.854. The Labute approximate surface area is 140 Å². The minimum Gasteiger partial charge on any atom is -0.496 e. The summed E-state index contributed by atoms with van der Waals surface area (Å²) in [5.41, 5.74) is 14.1. The van der Waals surface area contributed by atoms with Crippen LogP contribution in [-0.2, 0) is 12.8 Å². The van der Waals surface area contributed by atoms with Crippen molar-refractivity contribution in [3.05, 3.63) is 63.7 Å². The zero-order valence-electron chi connectivity index (χ0n) is 15.1. The molecule has 0 aromatic heterocycles. The second kappa shape index (κ2) is 7.65. The Morgan fingerprint density at radius 2 is 1.70 bits per heavy atom. The van der Waals surface area contributed by atoms with Gasteiger partial charge in [-0.25, -0.2) is 0 Å². The lowest BCUT2D eigenvalue weighted by Crippen LogP contribution is -2.18. The average molecular weight is 311 g/mol. The summed E-state index contributed by atoms with van der Waals surface area (Å²) >= 11 is 0. The summed E-state index contributed by atoms with van der Waals surface area (Å²) < 4.78 is 5.56. The highest BCUT2D eigenvalue weighted by Crippen LogP contribution is 2.31. The molecular weight excluding hydrogens is 282 g/mol. The average Bonchev–Trinajstić information content (AvgIpc) is 2.52. The van der Waals surface area contributed by atoms with Gasteiger partial charge in [-0.2, -0.15) is 0 Å². The minimum atomic E-state index is 0.316. The Kier molecular flexibility index (Phi) is 5.84. The molecule has 2 aromatic rings. The molecule has 0 bridgehead atoms. The molecule has 0 aliphatic heterocycles. The molecule has 0 saturated carbocycles. The summed E-state index contributed by atoms with van der Waals surface area (Å²) in [5.74, 6) is 1.28. The zero-order valence-corrected chi connectivity index (χ0v) is 15.1. The zero-order chi connectivity index (χ0) is 17.0. The number of ether oxygens (including phenoxy) is 1. The van der Waals surface area contributed by atoms with Crippen LogP contribution >= 0.6 is 0 Å². The lowest BCUT2D eigenvalue weighted by Gasteiger charge is -2.22. The third-order valence-corrected chi connectivity index (χ3v) is 4.65. The Bertz CT molecular complexity index is 653. The van der Waals surface area contributed by atoms with E-state index in [4.69, 9.17) is 10.5 Å². The first-order chi connectivity index (χ1) is 11.0. The number of nitrogens with two attached hydrogens (primary N) is 1. The highest BCUT2D eigenvalue weighted by molar-refractivity contribution is 5.43. The summed E-state index contributed by atoms with van der Waals surface area (Å²) in [4.78, 5) is 0. The molecule has 2 N–H and O–H groups in total. The predicted molar refractivity (Wildman–Crippen MR) is 98.5 cm³/mol. The number of aryl methyl sites for hydroxylation is 4. The summed E-state index contributed by atoms with van der Waals surface area (Å²) in [6, 6.07) is 11.0. The second-order valence-corrected chi connectivity index (χ2v) is 6.45. The van der Waals surface area contributed by atoms with Crippen LogP contribution in [0, 0.1) is 20.8 Å². The Morgan fingerprint density at radius 3 is 2.22 bits per heavy atom. The lowest BCUT2D eigenvalue weighted by atomic mass is 9.85. The first-order valence-corrected chi connectivity index (χ1v) is 8.43. The molecule has 0 heterocycles. The van der Waals surface area contributed by atoms with E-state index in [1.165, 1.54) is 33.4 Å². The van der Waals surface area contributed by atoms with Gasteiger partial charge in [0.2, 0.25) is 0 Å². The van der Waals surface area contributed by atoms with Gasteiger partial charge in [0.05, 0.1) is 7.11 Å². The molecule has 124 valence electrons. The fourth-order valence-corrected chi connectivity index (χ4v) is 3.62. The highest BCUT2D eigenvalue weighted by atomic mass is 16.5. The summed E-state index contributed by atoms with van der Waals surface area (Å²) in [5, 5.41) is 0. The molecule has 2 rings (SSSR count). The fourth-order valence-electron chi connectivity index (χ4n) is 3.62. The number of methoxy groups -OCH3 is 1. The van der Waals surface area contributed by atoms with Crippen molar-refractivity contribution in [3.63, 3.8) is 0 Å². The van der Waals surface area contributed by atoms with Gasteiger partial charge in [-0.1, -0.05) is 36.8 Å². The minimum absolute atomic E-state index is 0.316. The fraction of sp³-hybridized carbons (Fsp3) is 0.429. The van der Waals surface area contributed by atoms with Crippen molar-refractivity contribution in [2.75, 3.05) is 13.7 Å². The van der Waals surface area contributed by atoms with Crippen LogP contribution in [0.1, 0.15) is 46.2 Å². The molecule has 1 unspecified atom stereocenters. The van der Waals surface area contributed by atoms with Gasteiger partial charge in [-0.05, 0) is 74.0 Å². The smallest absolute Gasteiger partial charge is 0.122 e. The molecule has 0 amide bonds. The van der Waals surface area contributed by atoms with Crippen molar-refractivity contribution < 1.29 is 4.74 Å².